The molecule has 0 amide bonds. The first-order valence-corrected chi connectivity index (χ1v) is 17.6. The molecule has 1 unspecified atom stereocenters. The van der Waals surface area contributed by atoms with E-state index in [0.29, 0.717) is 95.2 Å². The predicted octanol–water partition coefficient (Wildman–Crippen LogP) is 4.68. The highest BCUT2D eigenvalue weighted by Crippen LogP contribution is 2.32. The van der Waals surface area contributed by atoms with Crippen LogP contribution in [0.15, 0.2) is 77.9 Å². The molecule has 14 heteroatoms. The van der Waals surface area contributed by atoms with Gasteiger partial charge in [0.05, 0.1) is 36.0 Å². The van der Waals surface area contributed by atoms with Gasteiger partial charge in [-0.1, -0.05) is 59.8 Å². The van der Waals surface area contributed by atoms with E-state index in [9.17, 15) is 15.0 Å². The van der Waals surface area contributed by atoms with Crippen molar-refractivity contribution in [2.45, 2.75) is 38.6 Å². The van der Waals surface area contributed by atoms with Gasteiger partial charge in [-0.25, -0.2) is 19.6 Å². The molecule has 3 aromatic carbocycles. The second-order valence-electron chi connectivity index (χ2n) is 12.4. The van der Waals surface area contributed by atoms with E-state index >= 15 is 0 Å². The Morgan fingerprint density at radius 1 is 0.981 bits per heavy atom. The number of nitrogen functional groups attached to an aromatic ring is 1. The Hall–Kier alpha value is -5.36. The predicted molar refractivity (Wildman–Crippen MR) is 205 cm³/mol. The monoisotopic (exact) mass is 736 g/mol. The van der Waals surface area contributed by atoms with Gasteiger partial charge >= 0.3 is 0 Å². The van der Waals surface area contributed by atoms with E-state index in [1.165, 1.54) is 6.33 Å². The lowest BCUT2D eigenvalue weighted by Crippen LogP contribution is -2.39. The minimum atomic E-state index is -0.648. The van der Waals surface area contributed by atoms with Crippen molar-refractivity contribution in [3.63, 3.8) is 0 Å². The SMILES string of the molecule is COCCN(CCOC)C(O)CCCC#Cc1cccc2nc(Cn3nc(-c4cccc(O)c4)c4c(N)ncnc43)n(Cc3ccccc3Cl)c(=O)c12. The highest BCUT2D eigenvalue weighted by Gasteiger charge is 2.21. The second-order valence-corrected chi connectivity index (χ2v) is 12.8. The number of nitrogens with two attached hydrogens (primary N) is 1. The maximum Gasteiger partial charge on any atom is 0.263 e. The highest BCUT2D eigenvalue weighted by atomic mass is 35.5. The molecule has 53 heavy (non-hydrogen) atoms. The van der Waals surface area contributed by atoms with Gasteiger partial charge in [-0.15, -0.1) is 0 Å². The summed E-state index contributed by atoms with van der Waals surface area (Å²) >= 11 is 6.60. The second kappa shape index (κ2) is 17.4. The molecule has 0 saturated carbocycles. The van der Waals surface area contributed by atoms with E-state index in [1.807, 2.05) is 41.3 Å². The number of phenols is 1. The number of halogens is 1. The number of benzene rings is 3. The molecule has 0 saturated heterocycles. The molecule has 0 spiro atoms. The fourth-order valence-corrected chi connectivity index (χ4v) is 6.36. The van der Waals surface area contributed by atoms with Crippen molar-refractivity contribution in [2.24, 2.45) is 0 Å². The topological polar surface area (TPSA) is 167 Å². The number of aliphatic hydroxyl groups excluding tert-OH is 1. The summed E-state index contributed by atoms with van der Waals surface area (Å²) in [5.41, 5.74) is 9.38. The summed E-state index contributed by atoms with van der Waals surface area (Å²) in [6, 6.07) is 19.5. The number of ether oxygens (including phenoxy) is 2. The van der Waals surface area contributed by atoms with Gasteiger partial charge in [0.1, 0.15) is 42.2 Å². The van der Waals surface area contributed by atoms with Crippen LogP contribution in [0.3, 0.4) is 0 Å². The number of aliphatic hydroxyl groups is 1. The van der Waals surface area contributed by atoms with Crippen molar-refractivity contribution in [1.82, 2.24) is 34.2 Å². The van der Waals surface area contributed by atoms with Gasteiger partial charge in [-0.2, -0.15) is 5.10 Å². The zero-order valence-corrected chi connectivity index (χ0v) is 30.3. The quantitative estimate of drug-likeness (QED) is 0.0762. The Balaban J connectivity index is 1.35. The van der Waals surface area contributed by atoms with Crippen LogP contribution in [0.1, 0.15) is 36.2 Å². The van der Waals surface area contributed by atoms with Crippen molar-refractivity contribution >= 4 is 39.4 Å². The first kappa shape index (κ1) is 37.4. The van der Waals surface area contributed by atoms with E-state index < -0.39 is 6.23 Å². The lowest BCUT2D eigenvalue weighted by molar-refractivity contribution is -0.0269. The van der Waals surface area contributed by atoms with Gasteiger partial charge in [-0.3, -0.25) is 14.3 Å². The molecule has 6 aromatic rings. The van der Waals surface area contributed by atoms with Gasteiger partial charge in [0, 0.05) is 49.9 Å². The van der Waals surface area contributed by atoms with E-state index in [4.69, 9.17) is 36.9 Å². The minimum Gasteiger partial charge on any atom is -0.508 e. The number of aromatic hydroxyl groups is 1. The normalized spacial score (nSPS) is 12.0. The molecule has 6 rings (SSSR count). The molecule has 0 fully saturated rings. The van der Waals surface area contributed by atoms with Gasteiger partial charge < -0.3 is 25.4 Å². The van der Waals surface area contributed by atoms with Crippen LogP contribution in [-0.4, -0.2) is 91.2 Å². The van der Waals surface area contributed by atoms with Crippen LogP contribution in [0, 0.1) is 11.8 Å². The third-order valence-electron chi connectivity index (χ3n) is 8.89. The van der Waals surface area contributed by atoms with E-state index in [0.717, 1.165) is 5.56 Å². The maximum atomic E-state index is 14.5. The Bertz CT molecular complexity index is 2330. The Morgan fingerprint density at radius 3 is 2.51 bits per heavy atom. The molecular formula is C39H41ClN8O5. The number of anilines is 1. The standard InChI is InChI=1S/C39H41ClN8O5/c1-52-20-18-46(19-21-53-2)33(50)17-5-3-4-10-26-12-9-16-31-34(26)39(51)47(23-28-11-6-7-15-30(28)40)32(44-31)24-48-38-35(37(41)42-25-43-38)36(45-48)27-13-8-14-29(49)22-27/h6-9,11-16,22,25,33,49-50H,3,5,17-21,23-24H2,1-2H3,(H2,41,42,43). The lowest BCUT2D eigenvalue weighted by atomic mass is 10.1. The molecule has 3 aromatic heterocycles. The van der Waals surface area contributed by atoms with Crippen LogP contribution in [0.4, 0.5) is 5.82 Å². The van der Waals surface area contributed by atoms with Crippen molar-refractivity contribution in [3.8, 4) is 28.8 Å². The van der Waals surface area contributed by atoms with Crippen molar-refractivity contribution in [2.75, 3.05) is 46.3 Å². The minimum absolute atomic E-state index is 0.0609. The molecule has 0 aliphatic heterocycles. The Morgan fingerprint density at radius 2 is 1.75 bits per heavy atom. The van der Waals surface area contributed by atoms with Crippen LogP contribution >= 0.6 is 11.6 Å². The highest BCUT2D eigenvalue weighted by molar-refractivity contribution is 6.31. The summed E-state index contributed by atoms with van der Waals surface area (Å²) in [6.45, 7) is 2.41. The number of phenolic OH excluding ortho intramolecular Hbond substituents is 1. The molecule has 3 heterocycles. The lowest BCUT2D eigenvalue weighted by Gasteiger charge is -2.27. The molecule has 0 aliphatic carbocycles. The molecular weight excluding hydrogens is 696 g/mol. The molecule has 1 atom stereocenters. The van der Waals surface area contributed by atoms with Crippen LogP contribution in [0.2, 0.25) is 5.02 Å². The Labute approximate surface area is 311 Å². The number of hydrogen-bond acceptors (Lipinski definition) is 11. The molecule has 13 nitrogen and oxygen atoms in total. The van der Waals surface area contributed by atoms with Crippen LogP contribution < -0.4 is 11.3 Å². The smallest absolute Gasteiger partial charge is 0.263 e. The first-order valence-electron chi connectivity index (χ1n) is 17.2. The van der Waals surface area contributed by atoms with Gasteiger partial charge in [-0.05, 0) is 48.7 Å². The van der Waals surface area contributed by atoms with Crippen LogP contribution in [0.5, 0.6) is 5.75 Å². The molecule has 0 aliphatic rings. The average molecular weight is 737 g/mol. The number of fused-ring (bicyclic) bond motifs is 2. The number of rotatable bonds is 15. The van der Waals surface area contributed by atoms with Crippen molar-refractivity contribution in [1.29, 1.82) is 0 Å². The molecule has 0 radical (unpaired) electrons. The third-order valence-corrected chi connectivity index (χ3v) is 9.26. The number of nitrogens with zero attached hydrogens (tertiary/aromatic N) is 7. The fourth-order valence-electron chi connectivity index (χ4n) is 6.16. The summed E-state index contributed by atoms with van der Waals surface area (Å²) < 4.78 is 13.6. The molecule has 0 bridgehead atoms. The number of unbranched alkanes of at least 4 members (excludes halogenated alkanes) is 1. The maximum absolute atomic E-state index is 14.5. The van der Waals surface area contributed by atoms with Gasteiger partial charge in [0.25, 0.3) is 5.56 Å². The first-order chi connectivity index (χ1) is 25.8. The molecule has 274 valence electrons. The van der Waals surface area contributed by atoms with Crippen molar-refractivity contribution < 1.29 is 19.7 Å². The van der Waals surface area contributed by atoms with Crippen molar-refractivity contribution in [3.05, 3.63) is 105 Å². The Kier molecular flexibility index (Phi) is 12.3. The fraction of sp³-hybridized carbons (Fsp3) is 0.308. The number of hydrogen-bond donors (Lipinski definition) is 3. The zero-order valence-electron chi connectivity index (χ0n) is 29.6. The summed E-state index contributed by atoms with van der Waals surface area (Å²) in [4.78, 5) is 30.1. The average Bonchev–Trinajstić information content (AvgIpc) is 3.53. The summed E-state index contributed by atoms with van der Waals surface area (Å²) in [7, 11) is 3.27. The van der Waals surface area contributed by atoms with E-state index in [-0.39, 0.29) is 30.2 Å². The summed E-state index contributed by atoms with van der Waals surface area (Å²) in [5, 5.41) is 27.2. The molecule has 4 N–H and O–H groups in total. The van der Waals surface area contributed by atoms with Gasteiger partial charge in [0.2, 0.25) is 0 Å². The van der Waals surface area contributed by atoms with E-state index in [2.05, 4.69) is 21.8 Å². The number of methoxy groups -OCH3 is 2. The van der Waals surface area contributed by atoms with E-state index in [1.54, 1.807) is 53.8 Å². The third kappa shape index (κ3) is 8.65. The van der Waals surface area contributed by atoms with Gasteiger partial charge in [0.15, 0.2) is 5.65 Å². The summed E-state index contributed by atoms with van der Waals surface area (Å²) in [5.74, 6) is 7.11. The van der Waals surface area contributed by atoms with Crippen LogP contribution in [-0.2, 0) is 22.6 Å². The summed E-state index contributed by atoms with van der Waals surface area (Å²) in [6.07, 6.45) is 2.42. The zero-order chi connectivity index (χ0) is 37.3. The van der Waals surface area contributed by atoms with Crippen LogP contribution in [0.25, 0.3) is 33.2 Å². The largest absolute Gasteiger partial charge is 0.508 e. The number of aromatic nitrogens is 6.